The van der Waals surface area contributed by atoms with Crippen molar-refractivity contribution >= 4 is 11.5 Å². The van der Waals surface area contributed by atoms with E-state index in [0.29, 0.717) is 30.4 Å². The number of benzene rings is 1. The molecule has 4 rings (SSSR count). The van der Waals surface area contributed by atoms with E-state index in [1.54, 1.807) is 4.57 Å². The Morgan fingerprint density at radius 3 is 2.64 bits per heavy atom. The summed E-state index contributed by atoms with van der Waals surface area (Å²) in [7, 11) is 3.92. The van der Waals surface area contributed by atoms with Gasteiger partial charge in [-0.1, -0.05) is 24.3 Å². The molecule has 7 heteroatoms. The first-order chi connectivity index (χ1) is 15.8. The number of hydrogen-bond donors (Lipinski definition) is 1. The lowest BCUT2D eigenvalue weighted by atomic mass is 10.1. The Morgan fingerprint density at radius 1 is 1.21 bits per heavy atom. The van der Waals surface area contributed by atoms with E-state index in [0.717, 1.165) is 23.4 Å². The van der Waals surface area contributed by atoms with E-state index in [-0.39, 0.29) is 17.7 Å². The fourth-order valence-electron chi connectivity index (χ4n) is 4.60. The average Bonchev–Trinajstić information content (AvgIpc) is 3.13. The molecule has 174 valence electrons. The smallest absolute Gasteiger partial charge is 0.277 e. The minimum absolute atomic E-state index is 0.0222. The van der Waals surface area contributed by atoms with E-state index < -0.39 is 0 Å². The third-order valence-electron chi connectivity index (χ3n) is 6.33. The van der Waals surface area contributed by atoms with Gasteiger partial charge in [-0.3, -0.25) is 9.36 Å². The van der Waals surface area contributed by atoms with Gasteiger partial charge in [-0.25, -0.2) is 9.97 Å². The van der Waals surface area contributed by atoms with E-state index in [2.05, 4.69) is 22.4 Å². The molecule has 0 aliphatic heterocycles. The van der Waals surface area contributed by atoms with Gasteiger partial charge in [-0.2, -0.15) is 0 Å². The molecule has 2 heterocycles. The van der Waals surface area contributed by atoms with Gasteiger partial charge in [-0.05, 0) is 50.5 Å². The first kappa shape index (κ1) is 23.0. The molecule has 2 atom stereocenters. The molecule has 0 spiro atoms. The summed E-state index contributed by atoms with van der Waals surface area (Å²) in [6.45, 7) is 9.03. The number of pyridine rings is 1. The highest BCUT2D eigenvalue weighted by molar-refractivity contribution is 5.64. The average molecular weight is 448 g/mol. The zero-order valence-corrected chi connectivity index (χ0v) is 20.3. The molecule has 0 fully saturated rings. The van der Waals surface area contributed by atoms with Gasteiger partial charge in [0, 0.05) is 45.4 Å². The third kappa shape index (κ3) is 4.25. The first-order valence-electron chi connectivity index (χ1n) is 11.6. The molecule has 7 nitrogen and oxygen atoms in total. The van der Waals surface area contributed by atoms with Gasteiger partial charge in [0.1, 0.15) is 17.3 Å². The van der Waals surface area contributed by atoms with Crippen LogP contribution < -0.4 is 15.8 Å². The largest absolute Gasteiger partial charge is 0.376 e. The molecular formula is C26H33N5O2. The van der Waals surface area contributed by atoms with Gasteiger partial charge in [0.15, 0.2) is 0 Å². The minimum Gasteiger partial charge on any atom is -0.376 e. The van der Waals surface area contributed by atoms with Crippen LogP contribution in [0.1, 0.15) is 42.3 Å². The van der Waals surface area contributed by atoms with Crippen LogP contribution in [0, 0.1) is 13.8 Å². The summed E-state index contributed by atoms with van der Waals surface area (Å²) in [4.78, 5) is 25.1. The summed E-state index contributed by atoms with van der Waals surface area (Å²) < 4.78 is 7.77. The number of aryl methyl sites for hydroxylation is 2. The highest BCUT2D eigenvalue weighted by atomic mass is 16.5. The highest BCUT2D eigenvalue weighted by Crippen LogP contribution is 2.36. The second kappa shape index (κ2) is 9.35. The van der Waals surface area contributed by atoms with Gasteiger partial charge >= 0.3 is 0 Å². The molecule has 0 unspecified atom stereocenters. The zero-order valence-electron chi connectivity index (χ0n) is 20.3. The van der Waals surface area contributed by atoms with Crippen molar-refractivity contribution in [3.63, 3.8) is 0 Å². The molecule has 3 aromatic rings. The van der Waals surface area contributed by atoms with Gasteiger partial charge in [-0.15, -0.1) is 0 Å². The van der Waals surface area contributed by atoms with Crippen LogP contribution in [-0.4, -0.2) is 41.3 Å². The summed E-state index contributed by atoms with van der Waals surface area (Å²) in [5.41, 5.74) is 5.47. The van der Waals surface area contributed by atoms with Crippen LogP contribution in [0.2, 0.25) is 0 Å². The van der Waals surface area contributed by atoms with Crippen LogP contribution in [0.3, 0.4) is 0 Å². The summed E-state index contributed by atoms with van der Waals surface area (Å²) in [6, 6.07) is 10.3. The maximum Gasteiger partial charge on any atom is 0.277 e. The third-order valence-corrected chi connectivity index (χ3v) is 6.33. The Labute approximate surface area is 195 Å². The van der Waals surface area contributed by atoms with E-state index in [4.69, 9.17) is 9.72 Å². The number of aromatic nitrogens is 3. The monoisotopic (exact) mass is 447 g/mol. The van der Waals surface area contributed by atoms with Crippen LogP contribution in [0.5, 0.6) is 0 Å². The Bertz CT molecular complexity index is 1220. The molecule has 1 N–H and O–H groups in total. The van der Waals surface area contributed by atoms with Crippen molar-refractivity contribution in [2.75, 3.05) is 30.9 Å². The van der Waals surface area contributed by atoms with Crippen molar-refractivity contribution in [3.05, 3.63) is 69.3 Å². The Hall–Kier alpha value is -3.19. The SMILES string of the molecule is CCO[C@H]1Cc2ccccc2[C@H]1Nc1c(C)nc(-c2cnc(N(C)C)cc2C)n(CC)c1=O. The number of ether oxygens (including phenoxy) is 1. The quantitative estimate of drug-likeness (QED) is 0.587. The Balaban J connectivity index is 1.77. The molecule has 33 heavy (non-hydrogen) atoms. The predicted molar refractivity (Wildman–Crippen MR) is 133 cm³/mol. The van der Waals surface area contributed by atoms with Crippen molar-refractivity contribution in [2.45, 2.75) is 52.8 Å². The van der Waals surface area contributed by atoms with Crippen molar-refractivity contribution in [2.24, 2.45) is 0 Å². The minimum atomic E-state index is -0.0896. The van der Waals surface area contributed by atoms with E-state index >= 15 is 0 Å². The predicted octanol–water partition coefficient (Wildman–Crippen LogP) is 4.12. The molecule has 1 aliphatic carbocycles. The Kier molecular flexibility index (Phi) is 6.51. The first-order valence-corrected chi connectivity index (χ1v) is 11.6. The molecule has 0 saturated carbocycles. The van der Waals surface area contributed by atoms with Crippen LogP contribution >= 0.6 is 0 Å². The molecule has 0 amide bonds. The van der Waals surface area contributed by atoms with Gasteiger partial charge < -0.3 is 15.0 Å². The number of nitrogens with zero attached hydrogens (tertiary/aromatic N) is 4. The standard InChI is InChI=1S/C26H33N5O2/c1-7-31-25(20-15-27-22(30(5)6)13-16(20)3)28-17(4)23(26(31)32)29-24-19-12-10-9-11-18(19)14-21(24)33-8-2/h9-13,15,21,24,29H,7-8,14H2,1-6H3/t21-,24+/m0/s1. The van der Waals surface area contributed by atoms with Crippen molar-refractivity contribution in [3.8, 4) is 11.4 Å². The topological polar surface area (TPSA) is 72.3 Å². The van der Waals surface area contributed by atoms with Gasteiger partial charge in [0.2, 0.25) is 0 Å². The van der Waals surface area contributed by atoms with Crippen LogP contribution in [0.15, 0.2) is 41.3 Å². The lowest BCUT2D eigenvalue weighted by molar-refractivity contribution is 0.0574. The van der Waals surface area contributed by atoms with Crippen molar-refractivity contribution in [1.82, 2.24) is 14.5 Å². The van der Waals surface area contributed by atoms with Crippen molar-refractivity contribution in [1.29, 1.82) is 0 Å². The Morgan fingerprint density at radius 2 is 1.97 bits per heavy atom. The molecule has 0 bridgehead atoms. The summed E-state index contributed by atoms with van der Waals surface area (Å²) in [5, 5.41) is 3.52. The number of rotatable bonds is 7. The highest BCUT2D eigenvalue weighted by Gasteiger charge is 2.34. The number of hydrogen-bond acceptors (Lipinski definition) is 6. The lowest BCUT2D eigenvalue weighted by Gasteiger charge is -2.24. The molecule has 1 aliphatic rings. The number of nitrogens with one attached hydrogen (secondary N) is 1. The summed E-state index contributed by atoms with van der Waals surface area (Å²) in [5.74, 6) is 1.52. The molecule has 1 aromatic carbocycles. The number of fused-ring (bicyclic) bond motifs is 1. The second-order valence-electron chi connectivity index (χ2n) is 8.72. The van der Waals surface area contributed by atoms with Crippen LogP contribution in [0.4, 0.5) is 11.5 Å². The van der Waals surface area contributed by atoms with Crippen LogP contribution in [-0.2, 0) is 17.7 Å². The molecule has 0 saturated heterocycles. The zero-order chi connectivity index (χ0) is 23.7. The molecular weight excluding hydrogens is 414 g/mol. The second-order valence-corrected chi connectivity index (χ2v) is 8.72. The molecule has 2 aromatic heterocycles. The van der Waals surface area contributed by atoms with E-state index in [9.17, 15) is 4.79 Å². The van der Waals surface area contributed by atoms with Crippen molar-refractivity contribution < 1.29 is 4.74 Å². The van der Waals surface area contributed by atoms with E-state index in [1.165, 1.54) is 11.1 Å². The summed E-state index contributed by atoms with van der Waals surface area (Å²) in [6.07, 6.45) is 2.62. The molecule has 0 radical (unpaired) electrons. The number of anilines is 2. The maximum absolute atomic E-state index is 13.7. The fraction of sp³-hybridized carbons (Fsp3) is 0.423. The van der Waals surface area contributed by atoms with Gasteiger partial charge in [0.05, 0.1) is 17.8 Å². The van der Waals surface area contributed by atoms with Gasteiger partial charge in [0.25, 0.3) is 5.56 Å². The normalized spacial score (nSPS) is 17.2. The fourth-order valence-corrected chi connectivity index (χ4v) is 4.60. The summed E-state index contributed by atoms with van der Waals surface area (Å²) >= 11 is 0. The van der Waals surface area contributed by atoms with Crippen LogP contribution in [0.25, 0.3) is 11.4 Å². The van der Waals surface area contributed by atoms with E-state index in [1.807, 2.05) is 71.1 Å². The lowest BCUT2D eigenvalue weighted by Crippen LogP contribution is -2.32. The maximum atomic E-state index is 13.7.